The zero-order valence-electron chi connectivity index (χ0n) is 12.9. The van der Waals surface area contributed by atoms with E-state index in [-0.39, 0.29) is 25.0 Å². The van der Waals surface area contributed by atoms with Crippen LogP contribution in [-0.2, 0) is 19.2 Å². The molecule has 10 nitrogen and oxygen atoms in total. The fourth-order valence-electron chi connectivity index (χ4n) is 1.46. The summed E-state index contributed by atoms with van der Waals surface area (Å²) in [4.78, 5) is 44.8. The van der Waals surface area contributed by atoms with Crippen LogP contribution in [0.1, 0.15) is 19.3 Å². The van der Waals surface area contributed by atoms with Gasteiger partial charge in [-0.1, -0.05) is 0 Å². The first-order chi connectivity index (χ1) is 11.3. The molecule has 0 rings (SSSR count). The van der Waals surface area contributed by atoms with Crippen LogP contribution < -0.4 is 16.4 Å². The van der Waals surface area contributed by atoms with Crippen LogP contribution in [0.15, 0.2) is 0 Å². The van der Waals surface area contributed by atoms with Crippen LogP contribution in [0.2, 0.25) is 0 Å². The minimum Gasteiger partial charge on any atom is -0.480 e. The van der Waals surface area contributed by atoms with E-state index in [9.17, 15) is 19.2 Å². The van der Waals surface area contributed by atoms with Crippen molar-refractivity contribution in [1.29, 1.82) is 5.26 Å². The predicted molar refractivity (Wildman–Crippen MR) is 85.0 cm³/mol. The van der Waals surface area contributed by atoms with Crippen molar-refractivity contribution in [1.82, 2.24) is 10.6 Å². The lowest BCUT2D eigenvalue weighted by Crippen LogP contribution is -2.49. The van der Waals surface area contributed by atoms with Crippen molar-refractivity contribution >= 4 is 35.5 Å². The highest BCUT2D eigenvalue weighted by Crippen LogP contribution is 2.06. The Bertz CT molecular complexity index is 507. The molecule has 0 aromatic rings. The number of nitriles is 1. The largest absolute Gasteiger partial charge is 0.480 e. The van der Waals surface area contributed by atoms with Crippen molar-refractivity contribution in [3.63, 3.8) is 0 Å². The van der Waals surface area contributed by atoms with E-state index < -0.39 is 42.4 Å². The summed E-state index contributed by atoms with van der Waals surface area (Å²) >= 11 is 1.26. The van der Waals surface area contributed by atoms with Crippen molar-refractivity contribution in [3.05, 3.63) is 0 Å². The molecule has 2 atom stereocenters. The van der Waals surface area contributed by atoms with E-state index in [0.29, 0.717) is 5.75 Å². The van der Waals surface area contributed by atoms with E-state index in [1.54, 1.807) is 0 Å². The number of aliphatic carboxylic acids is 2. The maximum absolute atomic E-state index is 11.9. The highest BCUT2D eigenvalue weighted by Gasteiger charge is 2.22. The molecule has 2 amide bonds. The standard InChI is InChI=1S/C13H20N4O6S/c14-4-1-5-24-7-9(12(21)16-6-11(19)20)17-10(18)3-2-8(15)13(22)23/h8-9H,1-3,5-7,15H2,(H,16,21)(H,17,18)(H,19,20)(H,22,23)/t8-,9-/m0/s1. The summed E-state index contributed by atoms with van der Waals surface area (Å²) < 4.78 is 0. The highest BCUT2D eigenvalue weighted by molar-refractivity contribution is 7.99. The lowest BCUT2D eigenvalue weighted by Gasteiger charge is -2.18. The molecule has 0 fully saturated rings. The second-order valence-electron chi connectivity index (χ2n) is 4.70. The van der Waals surface area contributed by atoms with Gasteiger partial charge in [0.25, 0.3) is 0 Å². The summed E-state index contributed by atoms with van der Waals surface area (Å²) in [5, 5.41) is 30.2. The van der Waals surface area contributed by atoms with Crippen LogP contribution in [-0.4, -0.2) is 64.1 Å². The second kappa shape index (κ2) is 12.1. The molecule has 0 spiro atoms. The number of amides is 2. The highest BCUT2D eigenvalue weighted by atomic mass is 32.2. The molecule has 134 valence electrons. The van der Waals surface area contributed by atoms with E-state index in [4.69, 9.17) is 21.2 Å². The molecule has 0 aliphatic rings. The molecular formula is C13H20N4O6S. The molecule has 24 heavy (non-hydrogen) atoms. The van der Waals surface area contributed by atoms with Crippen molar-refractivity contribution in [3.8, 4) is 6.07 Å². The fourth-order valence-corrected chi connectivity index (χ4v) is 2.34. The van der Waals surface area contributed by atoms with Gasteiger partial charge in [0.1, 0.15) is 18.6 Å². The number of carboxylic acids is 2. The van der Waals surface area contributed by atoms with Gasteiger partial charge in [-0.05, 0) is 6.42 Å². The van der Waals surface area contributed by atoms with E-state index in [0.717, 1.165) is 0 Å². The summed E-state index contributed by atoms with van der Waals surface area (Å²) in [6, 6.07) is -0.226. The van der Waals surface area contributed by atoms with Gasteiger partial charge in [-0.2, -0.15) is 17.0 Å². The number of nitrogens with zero attached hydrogens (tertiary/aromatic N) is 1. The summed E-state index contributed by atoms with van der Waals surface area (Å²) in [7, 11) is 0. The van der Waals surface area contributed by atoms with Gasteiger partial charge in [0, 0.05) is 24.3 Å². The molecule has 0 saturated heterocycles. The van der Waals surface area contributed by atoms with Gasteiger partial charge in [0.05, 0.1) is 6.07 Å². The molecule has 0 aromatic heterocycles. The molecule has 0 aromatic carbocycles. The topological polar surface area (TPSA) is 183 Å². The van der Waals surface area contributed by atoms with Gasteiger partial charge >= 0.3 is 11.9 Å². The number of carbonyl (C=O) groups is 4. The van der Waals surface area contributed by atoms with Gasteiger partial charge < -0.3 is 26.6 Å². The molecular weight excluding hydrogens is 340 g/mol. The van der Waals surface area contributed by atoms with Gasteiger partial charge in [0.15, 0.2) is 0 Å². The first-order valence-corrected chi connectivity index (χ1v) is 8.15. The predicted octanol–water partition coefficient (Wildman–Crippen LogP) is -1.49. The van der Waals surface area contributed by atoms with Crippen LogP contribution in [0.25, 0.3) is 0 Å². The van der Waals surface area contributed by atoms with Gasteiger partial charge in [-0.3, -0.25) is 19.2 Å². The Kier molecular flexibility index (Phi) is 11.0. The third kappa shape index (κ3) is 10.4. The van der Waals surface area contributed by atoms with Gasteiger partial charge in [-0.15, -0.1) is 0 Å². The molecule has 0 unspecified atom stereocenters. The lowest BCUT2D eigenvalue weighted by molar-refractivity contribution is -0.139. The Labute approximate surface area is 142 Å². The minimum absolute atomic E-state index is 0.0911. The average molecular weight is 360 g/mol. The van der Waals surface area contributed by atoms with Crippen LogP contribution in [0.4, 0.5) is 0 Å². The monoisotopic (exact) mass is 360 g/mol. The van der Waals surface area contributed by atoms with Crippen LogP contribution in [0, 0.1) is 11.3 Å². The van der Waals surface area contributed by atoms with Crippen molar-refractivity contribution in [2.45, 2.75) is 31.3 Å². The number of rotatable bonds is 12. The molecule has 0 radical (unpaired) electrons. The summed E-state index contributed by atoms with van der Waals surface area (Å²) in [6.07, 6.45) is 0.000783. The Balaban J connectivity index is 4.52. The molecule has 0 bridgehead atoms. The molecule has 0 aliphatic heterocycles. The van der Waals surface area contributed by atoms with Crippen LogP contribution in [0.3, 0.4) is 0 Å². The lowest BCUT2D eigenvalue weighted by atomic mass is 10.1. The number of carboxylic acid groups (broad SMARTS) is 2. The first kappa shape index (κ1) is 21.7. The smallest absolute Gasteiger partial charge is 0.322 e. The summed E-state index contributed by atoms with van der Waals surface area (Å²) in [5.74, 6) is -3.08. The van der Waals surface area contributed by atoms with Gasteiger partial charge in [0.2, 0.25) is 11.8 Å². The second-order valence-corrected chi connectivity index (χ2v) is 5.85. The Hall–Kier alpha value is -2.32. The zero-order chi connectivity index (χ0) is 18.5. The number of hydrogen-bond donors (Lipinski definition) is 5. The third-order valence-electron chi connectivity index (χ3n) is 2.71. The third-order valence-corrected chi connectivity index (χ3v) is 3.77. The first-order valence-electron chi connectivity index (χ1n) is 6.99. The van der Waals surface area contributed by atoms with Crippen molar-refractivity contribution in [2.75, 3.05) is 18.1 Å². The fraction of sp³-hybridized carbons (Fsp3) is 0.615. The summed E-state index contributed by atoms with van der Waals surface area (Å²) in [5.41, 5.74) is 5.29. The normalized spacial score (nSPS) is 12.5. The molecule has 0 aliphatic carbocycles. The van der Waals surface area contributed by atoms with Crippen molar-refractivity contribution in [2.24, 2.45) is 5.73 Å². The van der Waals surface area contributed by atoms with E-state index in [1.807, 2.05) is 6.07 Å². The van der Waals surface area contributed by atoms with Crippen LogP contribution in [0.5, 0.6) is 0 Å². The van der Waals surface area contributed by atoms with E-state index >= 15 is 0 Å². The molecule has 0 heterocycles. The van der Waals surface area contributed by atoms with Crippen molar-refractivity contribution < 1.29 is 29.4 Å². The average Bonchev–Trinajstić information content (AvgIpc) is 2.52. The van der Waals surface area contributed by atoms with Crippen LogP contribution >= 0.6 is 11.8 Å². The Morgan fingerprint density at radius 2 is 1.92 bits per heavy atom. The van der Waals surface area contributed by atoms with Gasteiger partial charge in [-0.25, -0.2) is 0 Å². The quantitative estimate of drug-likeness (QED) is 0.259. The van der Waals surface area contributed by atoms with E-state index in [2.05, 4.69) is 10.6 Å². The maximum Gasteiger partial charge on any atom is 0.322 e. The Morgan fingerprint density at radius 1 is 1.25 bits per heavy atom. The number of thioether (sulfide) groups is 1. The SMILES string of the molecule is N#CCCSC[C@H](NC(=O)CC[C@H](N)C(=O)O)C(=O)NCC(=O)O. The minimum atomic E-state index is -1.23. The molecule has 0 saturated carbocycles. The number of nitrogens with two attached hydrogens (primary N) is 1. The number of nitrogens with one attached hydrogen (secondary N) is 2. The Morgan fingerprint density at radius 3 is 2.46 bits per heavy atom. The maximum atomic E-state index is 11.9. The summed E-state index contributed by atoms with van der Waals surface area (Å²) in [6.45, 7) is -0.585. The number of carbonyl (C=O) groups excluding carboxylic acids is 2. The van der Waals surface area contributed by atoms with E-state index in [1.165, 1.54) is 11.8 Å². The number of hydrogen-bond acceptors (Lipinski definition) is 7. The molecule has 6 N–H and O–H groups in total. The zero-order valence-corrected chi connectivity index (χ0v) is 13.7. The molecule has 11 heteroatoms.